The lowest BCUT2D eigenvalue weighted by Crippen LogP contribution is -2.46. The van der Waals surface area contributed by atoms with Crippen LogP contribution >= 0.6 is 0 Å². The number of nitrogens with one attached hydrogen (secondary N) is 5. The summed E-state index contributed by atoms with van der Waals surface area (Å²) in [6.45, 7) is 4.51. The van der Waals surface area contributed by atoms with Crippen LogP contribution in [0.5, 0.6) is 0 Å². The lowest BCUT2D eigenvalue weighted by molar-refractivity contribution is -0.134. The lowest BCUT2D eigenvalue weighted by Gasteiger charge is -2.30. The van der Waals surface area contributed by atoms with E-state index < -0.39 is 24.3 Å². The molecule has 9 rings (SSSR count). The Balaban J connectivity index is 0.998. The highest BCUT2D eigenvalue weighted by Gasteiger charge is 2.42. The summed E-state index contributed by atoms with van der Waals surface area (Å²) in [4.78, 5) is 70.7. The third kappa shape index (κ3) is 7.69. The maximum Gasteiger partial charge on any atom is 0.407 e. The Morgan fingerprint density at radius 2 is 1.16 bits per heavy atom. The number of benzene rings is 3. The SMILES string of the molecule is COC(=O)NC(C)C(=O)N1CCCC1c1ncc(-c2ccc(-c3ccc(-c4cnc(C5CCCN5C(=O)C(C)NC(=O)OC)[nH]4)c4c3C3CC(c5ccccc5)CC4N3)cc2)[nH]1. The van der Waals surface area contributed by atoms with Gasteiger partial charge < -0.3 is 45.2 Å². The van der Waals surface area contributed by atoms with Gasteiger partial charge in [-0.1, -0.05) is 66.7 Å². The standard InChI is InChI=1S/C47H53N9O6/c1-26(50-46(59)61-3)44(57)55-20-8-12-38(55)42-48-24-36(53-42)30-16-14-29(15-17-30)32-18-19-33(41-35-23-31(22-34(52-35)40(32)41)28-10-6-5-7-11-28)37-25-49-43(54-37)39-13-9-21-56(39)45(58)27(2)51-47(60)62-4/h5-7,10-11,14-19,24-27,31,34-35,38-39,52H,8-9,12-13,20-23H2,1-4H3,(H,48,53)(H,49,54)(H,50,59)(H,51,60). The van der Waals surface area contributed by atoms with Crippen LogP contribution in [0.25, 0.3) is 33.6 Å². The van der Waals surface area contributed by atoms with Crippen LogP contribution in [0.15, 0.2) is 79.1 Å². The lowest BCUT2D eigenvalue weighted by atomic mass is 9.85. The second kappa shape index (κ2) is 17.1. The molecule has 0 spiro atoms. The predicted molar refractivity (Wildman–Crippen MR) is 231 cm³/mol. The molecule has 3 fully saturated rings. The van der Waals surface area contributed by atoms with E-state index in [0.29, 0.717) is 19.0 Å². The molecule has 5 N–H and O–H groups in total. The van der Waals surface area contributed by atoms with Crippen molar-refractivity contribution in [1.29, 1.82) is 0 Å². The van der Waals surface area contributed by atoms with E-state index in [1.807, 2.05) is 17.3 Å². The number of ether oxygens (including phenoxy) is 2. The first-order chi connectivity index (χ1) is 30.1. The molecule has 7 unspecified atom stereocenters. The smallest absolute Gasteiger partial charge is 0.407 e. The van der Waals surface area contributed by atoms with Gasteiger partial charge in [0.2, 0.25) is 11.8 Å². The fourth-order valence-corrected chi connectivity index (χ4v) is 10.2. The molecule has 5 aromatic rings. The molecule has 4 aliphatic rings. The van der Waals surface area contributed by atoms with Gasteiger partial charge in [0.25, 0.3) is 0 Å². The monoisotopic (exact) mass is 839 g/mol. The van der Waals surface area contributed by atoms with Crippen molar-refractivity contribution < 1.29 is 28.7 Å². The van der Waals surface area contributed by atoms with Crippen molar-refractivity contribution in [1.82, 2.24) is 45.7 Å². The van der Waals surface area contributed by atoms with Gasteiger partial charge in [0.05, 0.1) is 50.1 Å². The summed E-state index contributed by atoms with van der Waals surface area (Å²) in [7, 11) is 2.56. The fourth-order valence-electron chi connectivity index (χ4n) is 10.2. The number of alkyl carbamates (subject to hydrolysis) is 2. The molecule has 7 atom stereocenters. The highest BCUT2D eigenvalue weighted by molar-refractivity contribution is 5.87. The van der Waals surface area contributed by atoms with E-state index in [9.17, 15) is 19.2 Å². The number of nitrogens with zero attached hydrogens (tertiary/aromatic N) is 4. The fraction of sp³-hybridized carbons (Fsp3) is 0.404. The number of aromatic amines is 2. The molecule has 322 valence electrons. The molecule has 6 heterocycles. The predicted octanol–water partition coefficient (Wildman–Crippen LogP) is 7.21. The maximum absolute atomic E-state index is 13.5. The number of piperidine rings is 1. The zero-order valence-corrected chi connectivity index (χ0v) is 35.4. The van der Waals surface area contributed by atoms with Gasteiger partial charge in [-0.15, -0.1) is 0 Å². The Hall–Kier alpha value is -6.48. The first-order valence-electron chi connectivity index (χ1n) is 21.6. The first kappa shape index (κ1) is 40.9. The molecule has 15 nitrogen and oxygen atoms in total. The first-order valence-corrected chi connectivity index (χ1v) is 21.6. The Labute approximate surface area is 360 Å². The van der Waals surface area contributed by atoms with E-state index in [2.05, 4.69) is 92.6 Å². The van der Waals surface area contributed by atoms with Crippen molar-refractivity contribution in [3.63, 3.8) is 0 Å². The molecular formula is C47H53N9O6. The molecule has 15 heteroatoms. The minimum Gasteiger partial charge on any atom is -0.453 e. The molecule has 62 heavy (non-hydrogen) atoms. The number of fused-ring (bicyclic) bond motifs is 5. The van der Waals surface area contributed by atoms with Crippen LogP contribution in [0.4, 0.5) is 9.59 Å². The number of carbonyl (C=O) groups excluding carboxylic acids is 4. The normalized spacial score (nSPS) is 22.5. The Morgan fingerprint density at radius 3 is 1.73 bits per heavy atom. The molecule has 2 aromatic heterocycles. The van der Waals surface area contributed by atoms with Gasteiger partial charge in [0.1, 0.15) is 23.7 Å². The number of H-pyrrole nitrogens is 2. The Kier molecular flexibility index (Phi) is 11.3. The number of likely N-dealkylation sites (tertiary alicyclic amines) is 2. The summed E-state index contributed by atoms with van der Waals surface area (Å²) in [6.07, 6.45) is 7.62. The van der Waals surface area contributed by atoms with Crippen molar-refractivity contribution in [2.75, 3.05) is 27.3 Å². The molecule has 0 aliphatic carbocycles. The zero-order valence-electron chi connectivity index (χ0n) is 35.4. The summed E-state index contributed by atoms with van der Waals surface area (Å²) in [5.74, 6) is 1.51. The summed E-state index contributed by atoms with van der Waals surface area (Å²) < 4.78 is 9.42. The van der Waals surface area contributed by atoms with Gasteiger partial charge in [-0.05, 0) is 91.7 Å². The van der Waals surface area contributed by atoms with Crippen molar-refractivity contribution in [3.8, 4) is 33.6 Å². The van der Waals surface area contributed by atoms with E-state index >= 15 is 0 Å². The van der Waals surface area contributed by atoms with Gasteiger partial charge in [-0.2, -0.15) is 0 Å². The molecule has 0 radical (unpaired) electrons. The number of imidazole rings is 2. The third-order valence-electron chi connectivity index (χ3n) is 13.2. The Bertz CT molecular complexity index is 2470. The van der Waals surface area contributed by atoms with Gasteiger partial charge in [0.15, 0.2) is 0 Å². The molecule has 3 aromatic carbocycles. The number of rotatable bonds is 10. The topological polar surface area (TPSA) is 187 Å². The molecule has 4 amide bonds. The highest BCUT2D eigenvalue weighted by Crippen LogP contribution is 2.54. The average Bonchev–Trinajstić information content (AvgIpc) is 4.17. The number of methoxy groups -OCH3 is 2. The van der Waals surface area contributed by atoms with Gasteiger partial charge in [-0.25, -0.2) is 19.6 Å². The van der Waals surface area contributed by atoms with Crippen LogP contribution in [0.3, 0.4) is 0 Å². The molecule has 4 aliphatic heterocycles. The second-order valence-electron chi connectivity index (χ2n) is 16.9. The van der Waals surface area contributed by atoms with Gasteiger partial charge in [0, 0.05) is 30.7 Å². The van der Waals surface area contributed by atoms with Crippen LogP contribution in [-0.2, 0) is 19.1 Å². The van der Waals surface area contributed by atoms with Crippen LogP contribution in [0.2, 0.25) is 0 Å². The van der Waals surface area contributed by atoms with Crippen molar-refractivity contribution in [3.05, 3.63) is 107 Å². The minimum atomic E-state index is -0.726. The molecule has 2 bridgehead atoms. The minimum absolute atomic E-state index is 0.134. The Morgan fingerprint density at radius 1 is 0.661 bits per heavy atom. The third-order valence-corrected chi connectivity index (χ3v) is 13.2. The van der Waals surface area contributed by atoms with E-state index in [1.165, 1.54) is 36.5 Å². The van der Waals surface area contributed by atoms with Crippen LogP contribution < -0.4 is 16.0 Å². The number of hydrogen-bond acceptors (Lipinski definition) is 9. The molecular weight excluding hydrogens is 787 g/mol. The quantitative estimate of drug-likeness (QED) is 0.0969. The van der Waals surface area contributed by atoms with Crippen molar-refractivity contribution in [2.24, 2.45) is 0 Å². The number of amides is 4. The summed E-state index contributed by atoms with van der Waals surface area (Å²) in [5.41, 5.74) is 10.1. The van der Waals surface area contributed by atoms with Gasteiger partial charge >= 0.3 is 12.2 Å². The maximum atomic E-state index is 13.5. The van der Waals surface area contributed by atoms with E-state index in [0.717, 1.165) is 78.3 Å². The van der Waals surface area contributed by atoms with E-state index in [1.54, 1.807) is 18.7 Å². The zero-order chi connectivity index (χ0) is 43.1. The molecule has 3 saturated heterocycles. The molecule has 0 saturated carbocycles. The summed E-state index contributed by atoms with van der Waals surface area (Å²) in [6, 6.07) is 22.2. The summed E-state index contributed by atoms with van der Waals surface area (Å²) in [5, 5.41) is 9.19. The van der Waals surface area contributed by atoms with Crippen LogP contribution in [0.1, 0.15) is 111 Å². The summed E-state index contributed by atoms with van der Waals surface area (Å²) >= 11 is 0. The van der Waals surface area contributed by atoms with Crippen LogP contribution in [-0.4, -0.2) is 93.1 Å². The largest absolute Gasteiger partial charge is 0.453 e. The number of aromatic nitrogens is 4. The second-order valence-corrected chi connectivity index (χ2v) is 16.9. The van der Waals surface area contributed by atoms with Crippen molar-refractivity contribution >= 4 is 24.0 Å². The van der Waals surface area contributed by atoms with E-state index in [-0.39, 0.29) is 36.0 Å². The van der Waals surface area contributed by atoms with Crippen LogP contribution in [0, 0.1) is 0 Å². The van der Waals surface area contributed by atoms with Crippen molar-refractivity contribution in [2.45, 2.75) is 94.5 Å². The number of carbonyl (C=O) groups is 4. The number of hydrogen-bond donors (Lipinski definition) is 5. The highest BCUT2D eigenvalue weighted by atomic mass is 16.5. The average molecular weight is 840 g/mol. The van der Waals surface area contributed by atoms with E-state index in [4.69, 9.17) is 19.4 Å². The van der Waals surface area contributed by atoms with Gasteiger partial charge in [-0.3, -0.25) is 9.59 Å².